The highest BCUT2D eigenvalue weighted by Crippen LogP contribution is 2.30. The second kappa shape index (κ2) is 7.96. The van der Waals surface area contributed by atoms with E-state index in [-0.39, 0.29) is 18.0 Å². The highest BCUT2D eigenvalue weighted by atomic mass is 16.6. The maximum atomic E-state index is 12.0. The number of aryl methyl sites for hydroxylation is 1. The molecular weight excluding hydrogens is 312 g/mol. The van der Waals surface area contributed by atoms with Gasteiger partial charge in [0.1, 0.15) is 5.75 Å². The molecule has 7 heteroatoms. The molecule has 0 saturated carbocycles. The van der Waals surface area contributed by atoms with Crippen molar-refractivity contribution < 1.29 is 19.2 Å². The molecule has 0 aliphatic heterocycles. The smallest absolute Gasteiger partial charge is 0.314 e. The number of methoxy groups -OCH3 is 1. The fraction of sp³-hybridized carbons (Fsp3) is 0.235. The molecule has 1 amide bonds. The van der Waals surface area contributed by atoms with Crippen molar-refractivity contribution in [3.05, 3.63) is 58.1 Å². The van der Waals surface area contributed by atoms with Gasteiger partial charge in [-0.1, -0.05) is 19.1 Å². The molecule has 0 fully saturated rings. The quantitative estimate of drug-likeness (QED) is 0.622. The van der Waals surface area contributed by atoms with Crippen LogP contribution in [0.3, 0.4) is 0 Å². The van der Waals surface area contributed by atoms with Gasteiger partial charge in [0.15, 0.2) is 12.4 Å². The average molecular weight is 330 g/mol. The van der Waals surface area contributed by atoms with Gasteiger partial charge in [0, 0.05) is 5.69 Å². The molecule has 0 atom stereocenters. The largest absolute Gasteiger partial charge is 0.496 e. The van der Waals surface area contributed by atoms with Crippen molar-refractivity contribution in [2.45, 2.75) is 13.3 Å². The van der Waals surface area contributed by atoms with Gasteiger partial charge in [-0.25, -0.2) is 0 Å². The maximum Gasteiger partial charge on any atom is 0.314 e. The summed E-state index contributed by atoms with van der Waals surface area (Å²) in [5, 5.41) is 13.8. The third-order valence-electron chi connectivity index (χ3n) is 3.34. The van der Waals surface area contributed by atoms with Crippen LogP contribution in [0.5, 0.6) is 11.5 Å². The molecule has 0 aliphatic rings. The first-order valence-electron chi connectivity index (χ1n) is 7.37. The number of benzene rings is 2. The Bertz CT molecular complexity index is 746. The number of nitrogens with one attached hydrogen (secondary N) is 1. The van der Waals surface area contributed by atoms with Crippen LogP contribution in [0.15, 0.2) is 42.5 Å². The van der Waals surface area contributed by atoms with Gasteiger partial charge in [-0.3, -0.25) is 14.9 Å². The summed E-state index contributed by atoms with van der Waals surface area (Å²) in [6, 6.07) is 11.6. The van der Waals surface area contributed by atoms with Crippen LogP contribution in [0, 0.1) is 10.1 Å². The summed E-state index contributed by atoms with van der Waals surface area (Å²) < 4.78 is 10.2. The maximum absolute atomic E-state index is 12.0. The Morgan fingerprint density at radius 1 is 1.25 bits per heavy atom. The predicted octanol–water partition coefficient (Wildman–Crippen LogP) is 3.18. The van der Waals surface area contributed by atoms with Gasteiger partial charge in [-0.05, 0) is 36.2 Å². The van der Waals surface area contributed by atoms with Crippen LogP contribution >= 0.6 is 0 Å². The van der Waals surface area contributed by atoms with Crippen molar-refractivity contribution >= 4 is 17.3 Å². The topological polar surface area (TPSA) is 90.7 Å². The number of ether oxygens (including phenoxy) is 2. The van der Waals surface area contributed by atoms with E-state index in [4.69, 9.17) is 9.47 Å². The van der Waals surface area contributed by atoms with Crippen molar-refractivity contribution in [2.24, 2.45) is 0 Å². The standard InChI is InChI=1S/C17H18N2O5/c1-3-12-5-4-6-13(9-12)18-17(20)11-24-16-8-7-14(23-2)10-15(16)19(21)22/h4-10H,3,11H2,1-2H3,(H,18,20). The summed E-state index contributed by atoms with van der Waals surface area (Å²) in [4.78, 5) is 22.4. The molecular formula is C17H18N2O5. The Morgan fingerprint density at radius 2 is 2.04 bits per heavy atom. The molecule has 7 nitrogen and oxygen atoms in total. The minimum Gasteiger partial charge on any atom is -0.496 e. The molecule has 0 radical (unpaired) electrons. The Hall–Kier alpha value is -3.09. The molecule has 0 bridgehead atoms. The highest BCUT2D eigenvalue weighted by molar-refractivity contribution is 5.92. The molecule has 0 unspecified atom stereocenters. The van der Waals surface area contributed by atoms with Crippen molar-refractivity contribution in [3.8, 4) is 11.5 Å². The molecule has 24 heavy (non-hydrogen) atoms. The zero-order valence-corrected chi connectivity index (χ0v) is 13.4. The van der Waals surface area contributed by atoms with Gasteiger partial charge in [-0.15, -0.1) is 0 Å². The number of nitro groups is 1. The Labute approximate surface area is 139 Å². The molecule has 2 rings (SSSR count). The fourth-order valence-electron chi connectivity index (χ4n) is 2.10. The number of rotatable bonds is 7. The predicted molar refractivity (Wildman–Crippen MR) is 89.6 cm³/mol. The van der Waals surface area contributed by atoms with Gasteiger partial charge in [-0.2, -0.15) is 0 Å². The molecule has 0 aromatic heterocycles. The Morgan fingerprint density at radius 3 is 2.71 bits per heavy atom. The van der Waals surface area contributed by atoms with Crippen LogP contribution in [0.25, 0.3) is 0 Å². The number of nitrogens with zero attached hydrogens (tertiary/aromatic N) is 1. The molecule has 0 spiro atoms. The number of hydrogen-bond donors (Lipinski definition) is 1. The first kappa shape index (κ1) is 17.3. The van der Waals surface area contributed by atoms with E-state index < -0.39 is 10.8 Å². The number of amides is 1. The summed E-state index contributed by atoms with van der Waals surface area (Å²) in [5.41, 5.74) is 1.50. The van der Waals surface area contributed by atoms with Crippen LogP contribution in [0.4, 0.5) is 11.4 Å². The van der Waals surface area contributed by atoms with E-state index in [1.54, 1.807) is 6.07 Å². The Kier molecular flexibility index (Phi) is 5.73. The Balaban J connectivity index is 2.02. The zero-order chi connectivity index (χ0) is 17.5. The van der Waals surface area contributed by atoms with E-state index in [9.17, 15) is 14.9 Å². The second-order valence-corrected chi connectivity index (χ2v) is 4.98. The normalized spacial score (nSPS) is 10.1. The first-order valence-corrected chi connectivity index (χ1v) is 7.37. The van der Waals surface area contributed by atoms with E-state index >= 15 is 0 Å². The van der Waals surface area contributed by atoms with Crippen molar-refractivity contribution in [1.29, 1.82) is 0 Å². The third-order valence-corrected chi connectivity index (χ3v) is 3.34. The van der Waals surface area contributed by atoms with Gasteiger partial charge in [0.05, 0.1) is 18.1 Å². The van der Waals surface area contributed by atoms with Gasteiger partial charge in [0.25, 0.3) is 5.91 Å². The summed E-state index contributed by atoms with van der Waals surface area (Å²) >= 11 is 0. The third kappa shape index (κ3) is 4.45. The number of carbonyl (C=O) groups excluding carboxylic acids is 1. The van der Waals surface area contributed by atoms with Crippen molar-refractivity contribution in [2.75, 3.05) is 19.0 Å². The second-order valence-electron chi connectivity index (χ2n) is 4.98. The summed E-state index contributed by atoms with van der Waals surface area (Å²) in [7, 11) is 1.41. The van der Waals surface area contributed by atoms with Gasteiger partial charge >= 0.3 is 5.69 Å². The lowest BCUT2D eigenvalue weighted by molar-refractivity contribution is -0.385. The van der Waals surface area contributed by atoms with E-state index in [1.807, 2.05) is 25.1 Å². The van der Waals surface area contributed by atoms with Gasteiger partial charge in [0.2, 0.25) is 0 Å². The van der Waals surface area contributed by atoms with Gasteiger partial charge < -0.3 is 14.8 Å². The monoisotopic (exact) mass is 330 g/mol. The molecule has 0 saturated heterocycles. The fourth-order valence-corrected chi connectivity index (χ4v) is 2.10. The number of carbonyl (C=O) groups is 1. The van der Waals surface area contributed by atoms with E-state index in [0.717, 1.165) is 12.0 Å². The first-order chi connectivity index (χ1) is 11.5. The SMILES string of the molecule is CCc1cccc(NC(=O)COc2ccc(OC)cc2[N+](=O)[O-])c1. The lowest BCUT2D eigenvalue weighted by Gasteiger charge is -2.09. The summed E-state index contributed by atoms with van der Waals surface area (Å²) in [6.07, 6.45) is 0.859. The van der Waals surface area contributed by atoms with E-state index in [1.165, 1.54) is 25.3 Å². The minimum absolute atomic E-state index is 0.0123. The van der Waals surface area contributed by atoms with Crippen LogP contribution in [-0.4, -0.2) is 24.5 Å². The van der Waals surface area contributed by atoms with E-state index in [0.29, 0.717) is 11.4 Å². The lowest BCUT2D eigenvalue weighted by atomic mass is 10.1. The zero-order valence-electron chi connectivity index (χ0n) is 13.4. The lowest BCUT2D eigenvalue weighted by Crippen LogP contribution is -2.20. The highest BCUT2D eigenvalue weighted by Gasteiger charge is 2.17. The molecule has 1 N–H and O–H groups in total. The van der Waals surface area contributed by atoms with Crippen LogP contribution in [0.2, 0.25) is 0 Å². The van der Waals surface area contributed by atoms with Crippen LogP contribution in [0.1, 0.15) is 12.5 Å². The molecule has 0 heterocycles. The van der Waals surface area contributed by atoms with Crippen molar-refractivity contribution in [3.63, 3.8) is 0 Å². The summed E-state index contributed by atoms with van der Waals surface area (Å²) in [5.74, 6) is -0.0403. The number of anilines is 1. The molecule has 126 valence electrons. The van der Waals surface area contributed by atoms with Crippen LogP contribution in [-0.2, 0) is 11.2 Å². The summed E-state index contributed by atoms with van der Waals surface area (Å²) in [6.45, 7) is 1.69. The minimum atomic E-state index is -0.583. The molecule has 2 aromatic rings. The van der Waals surface area contributed by atoms with E-state index in [2.05, 4.69) is 5.32 Å². The van der Waals surface area contributed by atoms with Crippen molar-refractivity contribution in [1.82, 2.24) is 0 Å². The number of hydrogen-bond acceptors (Lipinski definition) is 5. The van der Waals surface area contributed by atoms with Crippen LogP contribution < -0.4 is 14.8 Å². The average Bonchev–Trinajstić information content (AvgIpc) is 2.59. The molecule has 2 aromatic carbocycles. The number of nitro benzene ring substituents is 1. The molecule has 0 aliphatic carbocycles.